The van der Waals surface area contributed by atoms with Gasteiger partial charge in [0.25, 0.3) is 0 Å². The molecule has 2 aliphatic rings. The number of unbranched alkanes of at least 4 members (excludes halogenated alkanes) is 2. The van der Waals surface area contributed by atoms with Crippen LogP contribution >= 0.6 is 0 Å². The van der Waals surface area contributed by atoms with Crippen LogP contribution in [0.5, 0.6) is 23.0 Å². The zero-order valence-electron chi connectivity index (χ0n) is 27.2. The first-order valence-corrected chi connectivity index (χ1v) is 15.7. The second kappa shape index (κ2) is 20.1. The molecule has 12 heteroatoms. The zero-order chi connectivity index (χ0) is 33.5. The van der Waals surface area contributed by atoms with Crippen LogP contribution in [0.25, 0.3) is 0 Å². The Labute approximate surface area is 304 Å². The molecule has 256 valence electrons. The van der Waals surface area contributed by atoms with Crippen LogP contribution in [-0.4, -0.2) is 69.3 Å². The molecule has 1 N–H and O–H groups in total. The van der Waals surface area contributed by atoms with E-state index in [1.54, 1.807) is 12.2 Å². The smallest absolute Gasteiger partial charge is 0.343 e. The third-order valence-corrected chi connectivity index (χ3v) is 7.34. The van der Waals surface area contributed by atoms with Gasteiger partial charge in [-0.25, -0.2) is 14.4 Å². The normalized spacial score (nSPS) is 14.6. The number of hydrogen-bond donors (Lipinski definition) is 1. The van der Waals surface area contributed by atoms with E-state index in [1.165, 1.54) is 42.5 Å². The maximum atomic E-state index is 12.7. The Kier molecular flexibility index (Phi) is 16.3. The predicted molar refractivity (Wildman–Crippen MR) is 171 cm³/mol. The molecule has 2 aromatic carbocycles. The molecule has 1 fully saturated rings. The second-order valence-corrected chi connectivity index (χ2v) is 11.6. The van der Waals surface area contributed by atoms with Crippen molar-refractivity contribution in [3.8, 4) is 23.0 Å². The third-order valence-electron chi connectivity index (χ3n) is 7.34. The summed E-state index contributed by atoms with van der Waals surface area (Å²) in [4.78, 5) is 36.3. The van der Waals surface area contributed by atoms with E-state index in [-0.39, 0.29) is 59.3 Å². The summed E-state index contributed by atoms with van der Waals surface area (Å²) in [5.41, 5.74) is 0.795. The molecule has 1 aliphatic heterocycles. The molecule has 1 saturated heterocycles. The molecule has 0 radical (unpaired) electrons. The second-order valence-electron chi connectivity index (χ2n) is 11.6. The number of phenolic OH excluding ortho intramolecular Hbond substituents is 1. The predicted octanol–water partition coefficient (Wildman–Crippen LogP) is 5.86. The minimum Gasteiger partial charge on any atom is -0.504 e. The van der Waals surface area contributed by atoms with Crippen LogP contribution in [0.15, 0.2) is 78.6 Å². The maximum Gasteiger partial charge on any atom is 0.343 e. The summed E-state index contributed by atoms with van der Waals surface area (Å²) in [6, 6.07) is 10.4. The molecule has 2 aromatic rings. The van der Waals surface area contributed by atoms with Crippen LogP contribution in [-0.2, 0) is 28.5 Å². The monoisotopic (exact) mass is 888 g/mol. The van der Waals surface area contributed by atoms with Crippen LogP contribution in [0.3, 0.4) is 0 Å². The van der Waals surface area contributed by atoms with Crippen molar-refractivity contribution in [2.45, 2.75) is 45.4 Å². The van der Waals surface area contributed by atoms with E-state index in [9.17, 15) is 19.5 Å². The SMILES string of the molecule is C=CC(=O)OCCCCOC1=CC=C(C(=O)Oc2ccc(OC(=O)c3ccc(OCCCCOCC4(C)COC4)c(O)c3)cc2)CC1.[U]. The third kappa shape index (κ3) is 12.8. The van der Waals surface area contributed by atoms with E-state index in [2.05, 4.69) is 13.5 Å². The number of aromatic hydroxyl groups is 1. The first-order valence-electron chi connectivity index (χ1n) is 15.7. The van der Waals surface area contributed by atoms with Crippen LogP contribution in [0.2, 0.25) is 0 Å². The van der Waals surface area contributed by atoms with Crippen molar-refractivity contribution in [1.82, 2.24) is 0 Å². The largest absolute Gasteiger partial charge is 0.504 e. The summed E-state index contributed by atoms with van der Waals surface area (Å²) in [5.74, 6) is -0.145. The number of carbonyl (C=O) groups excluding carboxylic acids is 3. The van der Waals surface area contributed by atoms with Gasteiger partial charge in [-0.15, -0.1) is 0 Å². The Hall–Kier alpha value is -3.56. The van der Waals surface area contributed by atoms with Crippen molar-refractivity contribution >= 4 is 17.9 Å². The van der Waals surface area contributed by atoms with Crippen LogP contribution < -0.4 is 14.2 Å². The van der Waals surface area contributed by atoms with Crippen molar-refractivity contribution in [3.63, 3.8) is 0 Å². The van der Waals surface area contributed by atoms with Gasteiger partial charge in [0.05, 0.1) is 51.0 Å². The Morgan fingerprint density at radius 1 is 0.854 bits per heavy atom. The number of esters is 3. The van der Waals surface area contributed by atoms with Gasteiger partial charge in [-0.1, -0.05) is 13.5 Å². The van der Waals surface area contributed by atoms with Gasteiger partial charge >= 0.3 is 17.9 Å². The molecular weight excluding hydrogens is 846 g/mol. The molecule has 0 spiro atoms. The first-order chi connectivity index (χ1) is 22.7. The van der Waals surface area contributed by atoms with Crippen molar-refractivity contribution in [2.24, 2.45) is 5.41 Å². The van der Waals surface area contributed by atoms with Gasteiger partial charge in [-0.3, -0.25) is 0 Å². The number of rotatable bonds is 19. The van der Waals surface area contributed by atoms with E-state index in [1.807, 2.05) is 0 Å². The molecule has 4 rings (SSSR count). The molecule has 1 heterocycles. The zero-order valence-corrected chi connectivity index (χ0v) is 31.4. The van der Waals surface area contributed by atoms with Crippen molar-refractivity contribution in [3.05, 3.63) is 84.2 Å². The standard InChI is InChI=1S/C36H42O11.U/c1-3-33(38)45-21-7-6-19-43-28-11-8-26(9-12-28)34(39)46-29-13-15-30(16-14-29)47-35(40)27-10-17-32(31(37)22-27)44-20-5-4-18-41-23-36(2)24-42-25-36;/h3,8,10-11,13-17,22,37H,1,4-7,9,12,18-21,23-25H2,2H3;. The molecule has 0 atom stereocenters. The van der Waals surface area contributed by atoms with Gasteiger partial charge in [0.2, 0.25) is 0 Å². The minimum atomic E-state index is -0.660. The number of hydrogen-bond acceptors (Lipinski definition) is 11. The fraction of sp³-hybridized carbons (Fsp3) is 0.417. The first kappa shape index (κ1) is 38.9. The minimum absolute atomic E-state index is 0. The number of benzene rings is 2. The van der Waals surface area contributed by atoms with E-state index in [4.69, 9.17) is 33.2 Å². The van der Waals surface area contributed by atoms with Crippen molar-refractivity contribution in [2.75, 3.05) is 46.2 Å². The van der Waals surface area contributed by atoms with E-state index < -0.39 is 17.9 Å². The fourth-order valence-corrected chi connectivity index (χ4v) is 4.57. The molecule has 0 aromatic heterocycles. The Morgan fingerprint density at radius 3 is 2.10 bits per heavy atom. The van der Waals surface area contributed by atoms with Crippen molar-refractivity contribution < 1.29 is 83.8 Å². The average Bonchev–Trinajstić information content (AvgIpc) is 3.06. The number of carbonyl (C=O) groups is 3. The van der Waals surface area contributed by atoms with Gasteiger partial charge in [-0.05, 0) is 86.7 Å². The van der Waals surface area contributed by atoms with Crippen LogP contribution in [0.1, 0.15) is 55.8 Å². The number of allylic oxidation sites excluding steroid dienone is 3. The summed E-state index contributed by atoms with van der Waals surface area (Å²) < 4.78 is 38.1. The molecule has 11 nitrogen and oxygen atoms in total. The van der Waals surface area contributed by atoms with Crippen molar-refractivity contribution in [1.29, 1.82) is 0 Å². The van der Waals surface area contributed by atoms with E-state index >= 15 is 0 Å². The van der Waals surface area contributed by atoms with Crippen LogP contribution in [0, 0.1) is 36.5 Å². The maximum absolute atomic E-state index is 12.7. The number of ether oxygens (including phenoxy) is 7. The van der Waals surface area contributed by atoms with Gasteiger partial charge < -0.3 is 38.3 Å². The van der Waals surface area contributed by atoms with Gasteiger partial charge in [0.1, 0.15) is 11.5 Å². The fourth-order valence-electron chi connectivity index (χ4n) is 4.57. The van der Waals surface area contributed by atoms with Gasteiger partial charge in [-0.2, -0.15) is 0 Å². The average molecular weight is 889 g/mol. The van der Waals surface area contributed by atoms with E-state index in [0.29, 0.717) is 63.6 Å². The summed E-state index contributed by atoms with van der Waals surface area (Å²) in [5, 5.41) is 10.4. The summed E-state index contributed by atoms with van der Waals surface area (Å²) >= 11 is 0. The molecule has 0 unspecified atom stereocenters. The Bertz CT molecular complexity index is 1440. The molecule has 0 amide bonds. The molecule has 0 saturated carbocycles. The summed E-state index contributed by atoms with van der Waals surface area (Å²) in [6.07, 6.45) is 8.58. The summed E-state index contributed by atoms with van der Waals surface area (Å²) in [7, 11) is 0. The Balaban J connectivity index is 0.00000625. The molecule has 48 heavy (non-hydrogen) atoms. The topological polar surface area (TPSA) is 136 Å². The molecule has 0 bridgehead atoms. The molecule has 1 aliphatic carbocycles. The van der Waals surface area contributed by atoms with Gasteiger partial charge in [0, 0.05) is 61.2 Å². The van der Waals surface area contributed by atoms with Crippen LogP contribution in [0.4, 0.5) is 0 Å². The van der Waals surface area contributed by atoms with Gasteiger partial charge in [0.15, 0.2) is 11.5 Å². The van der Waals surface area contributed by atoms with E-state index in [0.717, 1.165) is 44.3 Å². The summed E-state index contributed by atoms with van der Waals surface area (Å²) in [6.45, 7) is 9.48. The Morgan fingerprint density at radius 2 is 1.50 bits per heavy atom. The quantitative estimate of drug-likeness (QED) is 0.0787. The number of phenols is 1. The molecular formula is C36H42O11U.